The number of nitriles is 1. The van der Waals surface area contributed by atoms with Crippen LogP contribution in [0.1, 0.15) is 43.0 Å². The van der Waals surface area contributed by atoms with E-state index in [-0.39, 0.29) is 5.97 Å². The summed E-state index contributed by atoms with van der Waals surface area (Å²) < 4.78 is 10.2. The van der Waals surface area contributed by atoms with Gasteiger partial charge in [-0.25, -0.2) is 9.97 Å². The molecular weight excluding hydrogens is 376 g/mol. The Labute approximate surface area is 167 Å². The maximum Gasteiger partial charge on any atom is 0.322 e. The van der Waals surface area contributed by atoms with E-state index in [4.69, 9.17) is 14.7 Å². The summed E-state index contributed by atoms with van der Waals surface area (Å²) in [4.78, 5) is 21.8. The standard InChI is InChI=1S/C20H20N4O3S/c1-2-27-18(25)20(8-3-9-20)28-19-23-16-12-26-11-15(16)17(24-19)22-14-6-4-13(10-21)5-7-14/h4-7H,2-3,8-9,11-12H2,1H3,(H,22,23,24). The lowest BCUT2D eigenvalue weighted by atomic mass is 9.84. The number of anilines is 2. The van der Waals surface area contributed by atoms with Gasteiger partial charge < -0.3 is 14.8 Å². The fourth-order valence-electron chi connectivity index (χ4n) is 3.23. The van der Waals surface area contributed by atoms with Crippen molar-refractivity contribution in [3.63, 3.8) is 0 Å². The van der Waals surface area contributed by atoms with Gasteiger partial charge in [0.25, 0.3) is 0 Å². The smallest absolute Gasteiger partial charge is 0.322 e. The maximum atomic E-state index is 12.5. The number of carbonyl (C=O) groups excluding carboxylic acids is 1. The van der Waals surface area contributed by atoms with E-state index in [9.17, 15) is 4.79 Å². The molecule has 1 saturated carbocycles. The molecule has 4 rings (SSSR count). The lowest BCUT2D eigenvalue weighted by Crippen LogP contribution is -2.43. The van der Waals surface area contributed by atoms with Crippen LogP contribution in [0.2, 0.25) is 0 Å². The van der Waals surface area contributed by atoms with E-state index in [0.717, 1.165) is 36.2 Å². The predicted molar refractivity (Wildman–Crippen MR) is 104 cm³/mol. The topological polar surface area (TPSA) is 97.1 Å². The van der Waals surface area contributed by atoms with Gasteiger partial charge in [-0.15, -0.1) is 0 Å². The molecule has 0 spiro atoms. The van der Waals surface area contributed by atoms with E-state index < -0.39 is 4.75 Å². The van der Waals surface area contributed by atoms with Crippen molar-refractivity contribution in [2.24, 2.45) is 0 Å². The molecule has 1 aromatic heterocycles. The van der Waals surface area contributed by atoms with Crippen molar-refractivity contribution in [1.29, 1.82) is 5.26 Å². The molecule has 7 nitrogen and oxygen atoms in total. The molecule has 1 N–H and O–H groups in total. The van der Waals surface area contributed by atoms with Crippen LogP contribution in [0.15, 0.2) is 29.4 Å². The predicted octanol–water partition coefficient (Wildman–Crippen LogP) is 3.70. The van der Waals surface area contributed by atoms with E-state index in [1.807, 2.05) is 19.1 Å². The first kappa shape index (κ1) is 18.7. The summed E-state index contributed by atoms with van der Waals surface area (Å²) in [5.41, 5.74) is 3.19. The number of aromatic nitrogens is 2. The van der Waals surface area contributed by atoms with E-state index in [1.165, 1.54) is 11.8 Å². The average molecular weight is 396 g/mol. The minimum absolute atomic E-state index is 0.187. The first-order valence-corrected chi connectivity index (χ1v) is 10.1. The molecule has 1 aliphatic carbocycles. The van der Waals surface area contributed by atoms with Crippen molar-refractivity contribution in [2.75, 3.05) is 11.9 Å². The highest BCUT2D eigenvalue weighted by atomic mass is 32.2. The number of hydrogen-bond donors (Lipinski definition) is 1. The largest absolute Gasteiger partial charge is 0.465 e. The van der Waals surface area contributed by atoms with Crippen LogP contribution in [0.25, 0.3) is 0 Å². The molecule has 0 atom stereocenters. The Morgan fingerprint density at radius 3 is 2.75 bits per heavy atom. The van der Waals surface area contributed by atoms with Gasteiger partial charge in [0.1, 0.15) is 10.6 Å². The summed E-state index contributed by atoms with van der Waals surface area (Å²) >= 11 is 1.39. The van der Waals surface area contributed by atoms with Gasteiger partial charge in [-0.2, -0.15) is 5.26 Å². The van der Waals surface area contributed by atoms with Crippen LogP contribution in [0.3, 0.4) is 0 Å². The number of esters is 1. The first-order chi connectivity index (χ1) is 13.6. The third kappa shape index (κ3) is 3.55. The number of benzene rings is 1. The van der Waals surface area contributed by atoms with Crippen molar-refractivity contribution in [3.05, 3.63) is 41.1 Å². The molecular formula is C20H20N4O3S. The Hall–Kier alpha value is -2.63. The summed E-state index contributed by atoms with van der Waals surface area (Å²) in [5.74, 6) is 0.487. The molecule has 1 aliphatic heterocycles. The molecule has 2 aliphatic rings. The monoisotopic (exact) mass is 396 g/mol. The summed E-state index contributed by atoms with van der Waals surface area (Å²) in [5, 5.41) is 12.8. The lowest BCUT2D eigenvalue weighted by molar-refractivity contribution is -0.148. The molecule has 2 aromatic rings. The van der Waals surface area contributed by atoms with E-state index >= 15 is 0 Å². The van der Waals surface area contributed by atoms with Crippen LogP contribution in [0.4, 0.5) is 11.5 Å². The minimum Gasteiger partial charge on any atom is -0.465 e. The molecule has 0 amide bonds. The molecule has 1 fully saturated rings. The number of hydrogen-bond acceptors (Lipinski definition) is 8. The number of rotatable bonds is 6. The second-order valence-electron chi connectivity index (χ2n) is 6.76. The Bertz CT molecular complexity index is 936. The van der Waals surface area contributed by atoms with Crippen molar-refractivity contribution < 1.29 is 14.3 Å². The summed E-state index contributed by atoms with van der Waals surface area (Å²) in [6.45, 7) is 3.06. The van der Waals surface area contributed by atoms with Gasteiger partial charge in [0.05, 0.1) is 37.1 Å². The Kier molecular flexibility index (Phi) is 5.20. The van der Waals surface area contributed by atoms with E-state index in [0.29, 0.717) is 36.4 Å². The summed E-state index contributed by atoms with van der Waals surface area (Å²) in [7, 11) is 0. The number of fused-ring (bicyclic) bond motifs is 1. The van der Waals surface area contributed by atoms with Crippen LogP contribution < -0.4 is 5.32 Å². The maximum absolute atomic E-state index is 12.5. The second kappa shape index (κ2) is 7.78. The van der Waals surface area contributed by atoms with Crippen molar-refractivity contribution in [3.8, 4) is 6.07 Å². The van der Waals surface area contributed by atoms with Crippen LogP contribution in [0, 0.1) is 11.3 Å². The van der Waals surface area contributed by atoms with Gasteiger partial charge in [0, 0.05) is 11.3 Å². The molecule has 0 unspecified atom stereocenters. The van der Waals surface area contributed by atoms with Gasteiger partial charge in [-0.05, 0) is 50.5 Å². The van der Waals surface area contributed by atoms with E-state index in [1.54, 1.807) is 12.1 Å². The van der Waals surface area contributed by atoms with Crippen LogP contribution in [0.5, 0.6) is 0 Å². The molecule has 0 saturated heterocycles. The van der Waals surface area contributed by atoms with Crippen molar-refractivity contribution in [2.45, 2.75) is 49.3 Å². The van der Waals surface area contributed by atoms with Crippen LogP contribution >= 0.6 is 11.8 Å². The van der Waals surface area contributed by atoms with Crippen LogP contribution in [-0.2, 0) is 27.5 Å². The zero-order valence-electron chi connectivity index (χ0n) is 15.5. The number of nitrogens with zero attached hydrogens (tertiary/aromatic N) is 3. The average Bonchev–Trinajstić information content (AvgIpc) is 3.14. The van der Waals surface area contributed by atoms with Gasteiger partial charge in [0.2, 0.25) is 0 Å². The Morgan fingerprint density at radius 2 is 2.11 bits per heavy atom. The highest BCUT2D eigenvalue weighted by Gasteiger charge is 2.47. The Morgan fingerprint density at radius 1 is 1.32 bits per heavy atom. The fraction of sp³-hybridized carbons (Fsp3) is 0.400. The normalized spacial score (nSPS) is 16.6. The molecule has 28 heavy (non-hydrogen) atoms. The SMILES string of the molecule is CCOC(=O)C1(Sc2nc3c(c(Nc4ccc(C#N)cc4)n2)COC3)CCC1. The van der Waals surface area contributed by atoms with Crippen molar-refractivity contribution >= 4 is 29.2 Å². The minimum atomic E-state index is -0.588. The van der Waals surface area contributed by atoms with Crippen molar-refractivity contribution in [1.82, 2.24) is 9.97 Å². The number of carbonyl (C=O) groups is 1. The lowest BCUT2D eigenvalue weighted by Gasteiger charge is -2.37. The zero-order chi connectivity index (χ0) is 19.6. The van der Waals surface area contributed by atoms with Gasteiger partial charge in [-0.1, -0.05) is 11.8 Å². The third-order valence-electron chi connectivity index (χ3n) is 4.93. The highest BCUT2D eigenvalue weighted by molar-refractivity contribution is 8.01. The molecule has 144 valence electrons. The molecule has 0 radical (unpaired) electrons. The number of thioether (sulfide) groups is 1. The first-order valence-electron chi connectivity index (χ1n) is 9.24. The fourth-order valence-corrected chi connectivity index (χ4v) is 4.50. The number of nitrogens with one attached hydrogen (secondary N) is 1. The summed E-state index contributed by atoms with van der Waals surface area (Å²) in [6, 6.07) is 9.28. The number of ether oxygens (including phenoxy) is 2. The molecule has 1 aromatic carbocycles. The van der Waals surface area contributed by atoms with Gasteiger partial charge in [-0.3, -0.25) is 4.79 Å². The molecule has 0 bridgehead atoms. The van der Waals surface area contributed by atoms with Gasteiger partial charge in [0.15, 0.2) is 5.16 Å². The quantitative estimate of drug-likeness (QED) is 0.583. The molecule has 8 heteroatoms. The zero-order valence-corrected chi connectivity index (χ0v) is 16.3. The highest BCUT2D eigenvalue weighted by Crippen LogP contribution is 2.48. The second-order valence-corrected chi connectivity index (χ2v) is 8.11. The van der Waals surface area contributed by atoms with Crippen LogP contribution in [-0.4, -0.2) is 27.3 Å². The Balaban J connectivity index is 1.62. The molecule has 2 heterocycles. The summed E-state index contributed by atoms with van der Waals surface area (Å²) in [6.07, 6.45) is 2.54. The van der Waals surface area contributed by atoms with E-state index in [2.05, 4.69) is 21.4 Å². The van der Waals surface area contributed by atoms with Gasteiger partial charge >= 0.3 is 5.97 Å². The third-order valence-corrected chi connectivity index (χ3v) is 6.26.